The van der Waals surface area contributed by atoms with Crippen LogP contribution in [0.25, 0.3) is 0 Å². The summed E-state index contributed by atoms with van der Waals surface area (Å²) in [4.78, 5) is 18.9. The molecule has 3 N–H and O–H groups in total. The maximum atomic E-state index is 12.3. The van der Waals surface area contributed by atoms with Crippen LogP contribution in [0.2, 0.25) is 0 Å². The van der Waals surface area contributed by atoms with Crippen molar-refractivity contribution < 1.29 is 9.53 Å². The molecule has 1 fully saturated rings. The van der Waals surface area contributed by atoms with Crippen LogP contribution >= 0.6 is 0 Å². The van der Waals surface area contributed by atoms with Crippen molar-refractivity contribution in [2.24, 2.45) is 4.99 Å². The van der Waals surface area contributed by atoms with Crippen molar-refractivity contribution in [1.82, 2.24) is 10.6 Å². The summed E-state index contributed by atoms with van der Waals surface area (Å²) in [5.74, 6) is 0.697. The summed E-state index contributed by atoms with van der Waals surface area (Å²) >= 11 is 0. The average molecular weight is 438 g/mol. The molecule has 7 nitrogen and oxygen atoms in total. The van der Waals surface area contributed by atoms with E-state index in [0.717, 1.165) is 56.1 Å². The van der Waals surface area contributed by atoms with Crippen molar-refractivity contribution in [3.05, 3.63) is 60.2 Å². The zero-order chi connectivity index (χ0) is 22.6. The van der Waals surface area contributed by atoms with Gasteiger partial charge in [0.25, 0.3) is 5.91 Å². The van der Waals surface area contributed by atoms with E-state index in [0.29, 0.717) is 13.2 Å². The summed E-state index contributed by atoms with van der Waals surface area (Å²) in [6.07, 6.45) is 2.41. The van der Waals surface area contributed by atoms with Crippen LogP contribution in [0.15, 0.2) is 59.6 Å². The third-order valence-corrected chi connectivity index (χ3v) is 5.50. The van der Waals surface area contributed by atoms with E-state index in [2.05, 4.69) is 57.0 Å². The van der Waals surface area contributed by atoms with E-state index in [1.807, 2.05) is 30.3 Å². The smallest absolute Gasteiger partial charge is 0.253 e. The second-order valence-corrected chi connectivity index (χ2v) is 7.81. The number of hydrogen-bond donors (Lipinski definition) is 3. The lowest BCUT2D eigenvalue weighted by molar-refractivity contribution is -0.124. The first kappa shape index (κ1) is 23.6. The zero-order valence-corrected chi connectivity index (χ0v) is 19.1. The predicted octanol–water partition coefficient (Wildman–Crippen LogP) is 3.39. The number of aliphatic imine (C=N–C) groups is 1. The molecule has 1 saturated heterocycles. The molecule has 1 aliphatic heterocycles. The molecule has 1 heterocycles. The molecule has 0 spiro atoms. The van der Waals surface area contributed by atoms with Gasteiger partial charge in [0.15, 0.2) is 5.96 Å². The van der Waals surface area contributed by atoms with E-state index in [4.69, 9.17) is 4.74 Å². The molecule has 0 bridgehead atoms. The maximum Gasteiger partial charge on any atom is 0.253 e. The van der Waals surface area contributed by atoms with Crippen molar-refractivity contribution in [3.8, 4) is 0 Å². The van der Waals surface area contributed by atoms with E-state index >= 15 is 0 Å². The number of hydrogen-bond acceptors (Lipinski definition) is 4. The van der Waals surface area contributed by atoms with Gasteiger partial charge in [0, 0.05) is 51.2 Å². The molecule has 2 aromatic rings. The Kier molecular flexibility index (Phi) is 9.37. The first-order valence-corrected chi connectivity index (χ1v) is 11.5. The molecule has 1 amide bonds. The molecule has 1 unspecified atom stereocenters. The molecule has 7 heteroatoms. The van der Waals surface area contributed by atoms with Crippen molar-refractivity contribution in [2.75, 3.05) is 43.5 Å². The Morgan fingerprint density at radius 3 is 2.72 bits per heavy atom. The molecule has 32 heavy (non-hydrogen) atoms. The molecule has 2 aromatic carbocycles. The molecule has 1 atom stereocenters. The van der Waals surface area contributed by atoms with Crippen LogP contribution in [0.1, 0.15) is 31.7 Å². The molecule has 0 saturated carbocycles. The molecule has 3 rings (SSSR count). The number of carbonyl (C=O) groups is 1. The Morgan fingerprint density at radius 1 is 1.16 bits per heavy atom. The van der Waals surface area contributed by atoms with Gasteiger partial charge in [-0.3, -0.25) is 9.79 Å². The maximum absolute atomic E-state index is 12.3. The summed E-state index contributed by atoms with van der Waals surface area (Å²) in [7, 11) is 1.77. The standard InChI is InChI=1S/C25H35N5O2/c1-3-30(22-12-5-4-6-13-22)16-9-15-27-25(26-2)28-19-20-10-7-11-21(18-20)29-24(31)23-14-8-17-32-23/h4-7,10-13,18,23H,3,8-9,14-17,19H2,1-2H3,(H,29,31)(H2,26,27,28). The molecule has 1 aliphatic rings. The van der Waals surface area contributed by atoms with Gasteiger partial charge < -0.3 is 25.6 Å². The Bertz CT molecular complexity index is 866. The second kappa shape index (κ2) is 12.7. The van der Waals surface area contributed by atoms with E-state index in [1.54, 1.807) is 7.05 Å². The predicted molar refractivity (Wildman–Crippen MR) is 131 cm³/mol. The number of amides is 1. The van der Waals surface area contributed by atoms with Crippen LogP contribution < -0.4 is 20.9 Å². The largest absolute Gasteiger partial charge is 0.372 e. The van der Waals surface area contributed by atoms with Gasteiger partial charge >= 0.3 is 0 Å². The molecular weight excluding hydrogens is 402 g/mol. The Hall–Kier alpha value is -3.06. The van der Waals surface area contributed by atoms with Crippen LogP contribution in [-0.4, -0.2) is 51.3 Å². The number of benzene rings is 2. The zero-order valence-electron chi connectivity index (χ0n) is 19.1. The first-order valence-electron chi connectivity index (χ1n) is 11.5. The van der Waals surface area contributed by atoms with E-state index in [9.17, 15) is 4.79 Å². The summed E-state index contributed by atoms with van der Waals surface area (Å²) in [6.45, 7) is 6.26. The van der Waals surface area contributed by atoms with Gasteiger partial charge in [-0.15, -0.1) is 0 Å². The number of nitrogens with zero attached hydrogens (tertiary/aromatic N) is 2. The number of carbonyl (C=O) groups excluding carboxylic acids is 1. The van der Waals surface area contributed by atoms with Gasteiger partial charge in [-0.1, -0.05) is 30.3 Å². The van der Waals surface area contributed by atoms with Crippen molar-refractivity contribution in [1.29, 1.82) is 0 Å². The quantitative estimate of drug-likeness (QED) is 0.302. The summed E-state index contributed by atoms with van der Waals surface area (Å²) in [6, 6.07) is 18.3. The SMILES string of the molecule is CCN(CCCNC(=NC)NCc1cccc(NC(=O)C2CCCO2)c1)c1ccccc1. The fourth-order valence-corrected chi connectivity index (χ4v) is 3.76. The van der Waals surface area contributed by atoms with Crippen LogP contribution in [0.5, 0.6) is 0 Å². The topological polar surface area (TPSA) is 78.0 Å². The Morgan fingerprint density at radius 2 is 2.00 bits per heavy atom. The van der Waals surface area contributed by atoms with Gasteiger partial charge in [-0.25, -0.2) is 0 Å². The van der Waals surface area contributed by atoms with Crippen LogP contribution in [0, 0.1) is 0 Å². The molecule has 0 aliphatic carbocycles. The number of nitrogens with one attached hydrogen (secondary N) is 3. The highest BCUT2D eigenvalue weighted by atomic mass is 16.5. The fourth-order valence-electron chi connectivity index (χ4n) is 3.76. The summed E-state index contributed by atoms with van der Waals surface area (Å²) < 4.78 is 5.45. The normalized spacial score (nSPS) is 15.9. The number of rotatable bonds is 10. The minimum absolute atomic E-state index is 0.0679. The average Bonchev–Trinajstić information content (AvgIpc) is 3.37. The lowest BCUT2D eigenvalue weighted by Gasteiger charge is -2.23. The highest BCUT2D eigenvalue weighted by Crippen LogP contribution is 2.16. The third-order valence-electron chi connectivity index (χ3n) is 5.50. The fraction of sp³-hybridized carbons (Fsp3) is 0.440. The third kappa shape index (κ3) is 7.27. The van der Waals surface area contributed by atoms with Gasteiger partial charge in [0.2, 0.25) is 0 Å². The molecule has 0 aromatic heterocycles. The number of guanidine groups is 1. The monoisotopic (exact) mass is 437 g/mol. The van der Waals surface area contributed by atoms with Gasteiger partial charge in [-0.05, 0) is 56.0 Å². The van der Waals surface area contributed by atoms with E-state index in [-0.39, 0.29) is 12.0 Å². The van der Waals surface area contributed by atoms with Crippen LogP contribution in [0.4, 0.5) is 11.4 Å². The summed E-state index contributed by atoms with van der Waals surface area (Å²) in [5, 5.41) is 9.68. The Labute approximate surface area is 191 Å². The minimum Gasteiger partial charge on any atom is -0.372 e. The van der Waals surface area contributed by atoms with Gasteiger partial charge in [0.05, 0.1) is 0 Å². The number of anilines is 2. The minimum atomic E-state index is -0.328. The number of ether oxygens (including phenoxy) is 1. The van der Waals surface area contributed by atoms with Crippen molar-refractivity contribution >= 4 is 23.2 Å². The first-order chi connectivity index (χ1) is 15.7. The van der Waals surface area contributed by atoms with E-state index in [1.165, 1.54) is 5.69 Å². The van der Waals surface area contributed by atoms with Crippen LogP contribution in [-0.2, 0) is 16.1 Å². The number of para-hydroxylation sites is 1. The Balaban J connectivity index is 1.40. The highest BCUT2D eigenvalue weighted by molar-refractivity contribution is 5.94. The lowest BCUT2D eigenvalue weighted by atomic mass is 10.2. The van der Waals surface area contributed by atoms with E-state index < -0.39 is 0 Å². The summed E-state index contributed by atoms with van der Waals surface area (Å²) in [5.41, 5.74) is 3.11. The highest BCUT2D eigenvalue weighted by Gasteiger charge is 2.23. The lowest BCUT2D eigenvalue weighted by Crippen LogP contribution is -2.38. The van der Waals surface area contributed by atoms with Gasteiger partial charge in [-0.2, -0.15) is 0 Å². The molecule has 172 valence electrons. The van der Waals surface area contributed by atoms with Crippen LogP contribution in [0.3, 0.4) is 0 Å². The molecule has 0 radical (unpaired) electrons. The van der Waals surface area contributed by atoms with Crippen molar-refractivity contribution in [3.63, 3.8) is 0 Å². The van der Waals surface area contributed by atoms with Crippen molar-refractivity contribution in [2.45, 2.75) is 38.8 Å². The second-order valence-electron chi connectivity index (χ2n) is 7.81. The molecular formula is C25H35N5O2. The van der Waals surface area contributed by atoms with Gasteiger partial charge in [0.1, 0.15) is 6.10 Å².